The number of amides is 1. The third-order valence-electron chi connectivity index (χ3n) is 3.55. The molecule has 1 aromatic heterocycles. The Morgan fingerprint density at radius 2 is 2.26 bits per heavy atom. The first-order valence-electron chi connectivity index (χ1n) is 6.60. The number of nitrogens with one attached hydrogen (secondary N) is 1. The van der Waals surface area contributed by atoms with Crippen molar-refractivity contribution in [1.29, 1.82) is 0 Å². The van der Waals surface area contributed by atoms with Crippen molar-refractivity contribution in [3.8, 4) is 11.8 Å². The van der Waals surface area contributed by atoms with Gasteiger partial charge < -0.3 is 11.1 Å². The fourth-order valence-electron chi connectivity index (χ4n) is 2.34. The van der Waals surface area contributed by atoms with Crippen LogP contribution in [0.1, 0.15) is 43.9 Å². The molecule has 3 N–H and O–H groups in total. The monoisotopic (exact) mass is 277 g/mol. The molecule has 1 saturated carbocycles. The van der Waals surface area contributed by atoms with Crippen LogP contribution in [0.2, 0.25) is 0 Å². The van der Waals surface area contributed by atoms with Crippen LogP contribution in [0.15, 0.2) is 6.20 Å². The van der Waals surface area contributed by atoms with E-state index in [1.807, 2.05) is 6.92 Å². The van der Waals surface area contributed by atoms with Gasteiger partial charge >= 0.3 is 0 Å². The molecule has 19 heavy (non-hydrogen) atoms. The molecule has 102 valence electrons. The van der Waals surface area contributed by atoms with Gasteiger partial charge in [0.2, 0.25) is 5.91 Å². The molecule has 0 unspecified atom stereocenters. The Balaban J connectivity index is 2.00. The van der Waals surface area contributed by atoms with Gasteiger partial charge in [0, 0.05) is 5.41 Å². The van der Waals surface area contributed by atoms with Gasteiger partial charge in [0.1, 0.15) is 0 Å². The molecule has 0 saturated heterocycles. The van der Waals surface area contributed by atoms with Crippen molar-refractivity contribution >= 4 is 22.4 Å². The molecule has 5 heteroatoms. The number of carbonyl (C=O) groups excluding carboxylic acids is 1. The molecule has 1 amide bonds. The predicted octanol–water partition coefficient (Wildman–Crippen LogP) is 2.36. The Hall–Kier alpha value is -1.38. The second-order valence-electron chi connectivity index (χ2n) is 5.11. The summed E-state index contributed by atoms with van der Waals surface area (Å²) in [4.78, 5) is 17.3. The topological polar surface area (TPSA) is 68.0 Å². The zero-order valence-corrected chi connectivity index (χ0v) is 12.0. The van der Waals surface area contributed by atoms with Gasteiger partial charge in [-0.1, -0.05) is 49.4 Å². The number of nitrogens with two attached hydrogens (primary N) is 1. The van der Waals surface area contributed by atoms with E-state index in [0.717, 1.165) is 30.6 Å². The van der Waals surface area contributed by atoms with Crippen LogP contribution < -0.4 is 11.1 Å². The predicted molar refractivity (Wildman–Crippen MR) is 77.9 cm³/mol. The maximum atomic E-state index is 12.3. The smallest absolute Gasteiger partial charge is 0.232 e. The van der Waals surface area contributed by atoms with Crippen LogP contribution in [0.4, 0.5) is 5.13 Å². The van der Waals surface area contributed by atoms with Gasteiger partial charge in [-0.2, -0.15) is 0 Å². The average molecular weight is 277 g/mol. The lowest BCUT2D eigenvalue weighted by atomic mass is 9.75. The molecule has 1 aliphatic carbocycles. The molecular weight excluding hydrogens is 258 g/mol. The average Bonchev–Trinajstić information content (AvgIpc) is 2.85. The van der Waals surface area contributed by atoms with Gasteiger partial charge in [-0.15, -0.1) is 0 Å². The maximum Gasteiger partial charge on any atom is 0.232 e. The SMILES string of the molecule is CC1(C(=O)Nc2ncc(C#CCN)s2)CCCCC1. The molecular formula is C14H19N3OS. The Kier molecular flexibility index (Phi) is 4.56. The number of aromatic nitrogens is 1. The summed E-state index contributed by atoms with van der Waals surface area (Å²) in [5.74, 6) is 5.78. The molecule has 2 rings (SSSR count). The van der Waals surface area contributed by atoms with Gasteiger partial charge in [-0.25, -0.2) is 4.98 Å². The Morgan fingerprint density at radius 3 is 2.95 bits per heavy atom. The first kappa shape index (κ1) is 14.0. The quantitative estimate of drug-likeness (QED) is 0.815. The largest absolute Gasteiger partial charge is 0.320 e. The lowest BCUT2D eigenvalue weighted by Gasteiger charge is -2.31. The molecule has 4 nitrogen and oxygen atoms in total. The van der Waals surface area contributed by atoms with Crippen LogP contribution >= 0.6 is 11.3 Å². The molecule has 1 aromatic rings. The highest BCUT2D eigenvalue weighted by molar-refractivity contribution is 7.16. The van der Waals surface area contributed by atoms with E-state index in [1.54, 1.807) is 6.20 Å². The van der Waals surface area contributed by atoms with Gasteiger partial charge in [-0.3, -0.25) is 4.79 Å². The van der Waals surface area contributed by atoms with Crippen molar-refractivity contribution in [1.82, 2.24) is 4.98 Å². The van der Waals surface area contributed by atoms with Crippen LogP contribution in [0, 0.1) is 17.3 Å². The Morgan fingerprint density at radius 1 is 1.53 bits per heavy atom. The molecule has 0 aliphatic heterocycles. The molecule has 0 aromatic carbocycles. The van der Waals surface area contributed by atoms with E-state index in [1.165, 1.54) is 17.8 Å². The highest BCUT2D eigenvalue weighted by atomic mass is 32.1. The molecule has 1 fully saturated rings. The number of anilines is 1. The van der Waals surface area contributed by atoms with Gasteiger partial charge in [0.05, 0.1) is 17.6 Å². The van der Waals surface area contributed by atoms with Gasteiger partial charge in [0.15, 0.2) is 5.13 Å². The number of thiazole rings is 1. The lowest BCUT2D eigenvalue weighted by molar-refractivity contribution is -0.126. The minimum atomic E-state index is -0.243. The summed E-state index contributed by atoms with van der Waals surface area (Å²) < 4.78 is 0. The van der Waals surface area contributed by atoms with Crippen molar-refractivity contribution < 1.29 is 4.79 Å². The molecule has 0 spiro atoms. The fourth-order valence-corrected chi connectivity index (χ4v) is 3.02. The highest BCUT2D eigenvalue weighted by Crippen LogP contribution is 2.37. The van der Waals surface area contributed by atoms with Crippen molar-refractivity contribution in [2.45, 2.75) is 39.0 Å². The standard InChI is InChI=1S/C14H19N3OS/c1-14(7-3-2-4-8-14)12(18)17-13-16-10-11(19-13)6-5-9-15/h10H,2-4,7-9,15H2,1H3,(H,16,17,18). The van der Waals surface area contributed by atoms with Crippen LogP contribution in [0.25, 0.3) is 0 Å². The van der Waals surface area contributed by atoms with Crippen molar-refractivity contribution in [2.75, 3.05) is 11.9 Å². The van der Waals surface area contributed by atoms with E-state index < -0.39 is 0 Å². The number of hydrogen-bond acceptors (Lipinski definition) is 4. The van der Waals surface area contributed by atoms with Crippen molar-refractivity contribution in [3.05, 3.63) is 11.1 Å². The highest BCUT2D eigenvalue weighted by Gasteiger charge is 2.34. The van der Waals surface area contributed by atoms with Crippen LogP contribution in [0.3, 0.4) is 0 Å². The van der Waals surface area contributed by atoms with E-state index in [9.17, 15) is 4.79 Å². The number of carbonyl (C=O) groups is 1. The van der Waals surface area contributed by atoms with Gasteiger partial charge in [0.25, 0.3) is 0 Å². The minimum absolute atomic E-state index is 0.0832. The molecule has 0 atom stereocenters. The normalized spacial score (nSPS) is 17.4. The Bertz CT molecular complexity index is 506. The summed E-state index contributed by atoms with van der Waals surface area (Å²) in [7, 11) is 0. The minimum Gasteiger partial charge on any atom is -0.320 e. The first-order chi connectivity index (χ1) is 9.14. The summed E-state index contributed by atoms with van der Waals surface area (Å²) in [5, 5.41) is 3.54. The summed E-state index contributed by atoms with van der Waals surface area (Å²) in [6, 6.07) is 0. The van der Waals surface area contributed by atoms with Crippen LogP contribution in [0.5, 0.6) is 0 Å². The van der Waals surface area contributed by atoms with Crippen molar-refractivity contribution in [2.24, 2.45) is 11.1 Å². The lowest BCUT2D eigenvalue weighted by Crippen LogP contribution is -2.35. The molecule has 0 bridgehead atoms. The Labute approximate surface area is 117 Å². The second-order valence-corrected chi connectivity index (χ2v) is 6.14. The molecule has 0 radical (unpaired) electrons. The van der Waals surface area contributed by atoms with E-state index in [-0.39, 0.29) is 11.3 Å². The van der Waals surface area contributed by atoms with E-state index in [0.29, 0.717) is 11.7 Å². The zero-order chi connectivity index (χ0) is 13.7. The summed E-state index contributed by atoms with van der Waals surface area (Å²) >= 11 is 1.39. The van der Waals surface area contributed by atoms with Crippen LogP contribution in [-0.4, -0.2) is 17.4 Å². The number of rotatable bonds is 2. The van der Waals surface area contributed by atoms with Crippen molar-refractivity contribution in [3.63, 3.8) is 0 Å². The summed E-state index contributed by atoms with van der Waals surface area (Å²) in [6.45, 7) is 2.38. The molecule has 1 heterocycles. The maximum absolute atomic E-state index is 12.3. The van der Waals surface area contributed by atoms with E-state index >= 15 is 0 Å². The van der Waals surface area contributed by atoms with E-state index in [4.69, 9.17) is 5.73 Å². The number of nitrogens with zero attached hydrogens (tertiary/aromatic N) is 1. The first-order valence-corrected chi connectivity index (χ1v) is 7.42. The molecule has 1 aliphatic rings. The summed E-state index contributed by atoms with van der Waals surface area (Å²) in [5.41, 5.74) is 5.08. The second kappa shape index (κ2) is 6.18. The zero-order valence-electron chi connectivity index (χ0n) is 11.2. The fraction of sp³-hybridized carbons (Fsp3) is 0.571. The van der Waals surface area contributed by atoms with E-state index in [2.05, 4.69) is 22.1 Å². The summed E-state index contributed by atoms with van der Waals surface area (Å²) in [6.07, 6.45) is 7.10. The third kappa shape index (κ3) is 3.55. The number of hydrogen-bond donors (Lipinski definition) is 2. The van der Waals surface area contributed by atoms with Crippen LogP contribution in [-0.2, 0) is 4.79 Å². The third-order valence-corrected chi connectivity index (χ3v) is 4.37. The van der Waals surface area contributed by atoms with Gasteiger partial charge in [-0.05, 0) is 12.8 Å².